The topological polar surface area (TPSA) is 56.7 Å². The Morgan fingerprint density at radius 1 is 1.11 bits per heavy atom. The Morgan fingerprint density at radius 3 is 2.35 bits per heavy atom. The largest absolute Gasteiger partial charge is 0.389 e. The second kappa shape index (κ2) is 13.3. The van der Waals surface area contributed by atoms with Crippen LogP contribution in [-0.2, 0) is 11.2 Å². The summed E-state index contributed by atoms with van der Waals surface area (Å²) in [5.41, 5.74) is 4.20. The summed E-state index contributed by atoms with van der Waals surface area (Å²) in [6.07, 6.45) is -1.37. The van der Waals surface area contributed by atoms with Crippen LogP contribution in [0.5, 0.6) is 0 Å². The number of amides is 1. The monoisotopic (exact) mass is 544 g/mol. The van der Waals surface area contributed by atoms with Crippen molar-refractivity contribution in [2.75, 3.05) is 31.2 Å². The lowest BCUT2D eigenvalue weighted by atomic mass is 9.89. The quantitative estimate of drug-likeness (QED) is 0.168. The van der Waals surface area contributed by atoms with Crippen LogP contribution in [0.4, 0.5) is 23.2 Å². The molecule has 10 heteroatoms. The number of piperidine rings is 1. The molecule has 1 atom stereocenters. The average Bonchev–Trinajstić information content (AvgIpc) is 3.16. The molecule has 208 valence electrons. The molecule has 1 aromatic rings. The minimum Gasteiger partial charge on any atom is -0.388 e. The number of aliphatic imine (C=N–C) groups is 1. The molecule has 0 aliphatic carbocycles. The van der Waals surface area contributed by atoms with Crippen LogP contribution in [0.2, 0.25) is 0 Å². The van der Waals surface area contributed by atoms with Crippen molar-refractivity contribution in [3.63, 3.8) is 0 Å². The van der Waals surface area contributed by atoms with Gasteiger partial charge in [-0.25, -0.2) is 4.39 Å². The number of nitrogens with zero attached hydrogens (tertiary/aromatic N) is 2. The predicted octanol–water partition coefficient (Wildman–Crippen LogP) is 6.53. The van der Waals surface area contributed by atoms with E-state index in [2.05, 4.69) is 45.9 Å². The molecule has 0 radical (unpaired) electrons. The third-order valence-electron chi connectivity index (χ3n) is 7.37. The van der Waals surface area contributed by atoms with Crippen molar-refractivity contribution >= 4 is 29.4 Å². The highest BCUT2D eigenvalue weighted by Gasteiger charge is 2.47. The second-order valence-electron chi connectivity index (χ2n) is 10.2. The predicted molar refractivity (Wildman–Crippen MR) is 144 cm³/mol. The number of halogens is 4. The van der Waals surface area contributed by atoms with Crippen LogP contribution in [-0.4, -0.2) is 59.8 Å². The van der Waals surface area contributed by atoms with Gasteiger partial charge in [-0.15, -0.1) is 0 Å². The molecule has 1 amide bonds. The van der Waals surface area contributed by atoms with Crippen molar-refractivity contribution in [3.8, 4) is 0 Å². The Bertz CT molecular complexity index is 922. The van der Waals surface area contributed by atoms with Crippen LogP contribution >= 0.6 is 11.9 Å². The molecule has 3 rings (SSSR count). The van der Waals surface area contributed by atoms with Gasteiger partial charge in [-0.1, -0.05) is 37.6 Å². The van der Waals surface area contributed by atoms with Crippen LogP contribution in [0.1, 0.15) is 74.5 Å². The van der Waals surface area contributed by atoms with Crippen LogP contribution in [0.25, 0.3) is 0 Å². The first-order chi connectivity index (χ1) is 17.5. The van der Waals surface area contributed by atoms with Gasteiger partial charge in [-0.2, -0.15) is 13.2 Å². The second-order valence-corrected chi connectivity index (χ2v) is 11.4. The first kappa shape index (κ1) is 29.7. The van der Waals surface area contributed by atoms with Gasteiger partial charge in [0.15, 0.2) is 6.17 Å². The number of alkyl halides is 4. The van der Waals surface area contributed by atoms with Gasteiger partial charge >= 0.3 is 6.18 Å². The Morgan fingerprint density at radius 2 is 1.73 bits per heavy atom. The molecular weight excluding hydrogens is 504 g/mol. The summed E-state index contributed by atoms with van der Waals surface area (Å²) in [7, 11) is 1.92. The number of nitrogens with one attached hydrogen (secondary N) is 2. The summed E-state index contributed by atoms with van der Waals surface area (Å²) in [6.45, 7) is 5.73. The molecule has 2 N–H and O–H groups in total. The molecule has 1 saturated heterocycles. The Kier molecular flexibility index (Phi) is 10.7. The zero-order valence-corrected chi connectivity index (χ0v) is 23.0. The normalized spacial score (nSPS) is 18.7. The summed E-state index contributed by atoms with van der Waals surface area (Å²) in [6, 6.07) is 4.34. The van der Waals surface area contributed by atoms with E-state index < -0.39 is 24.3 Å². The molecule has 1 unspecified atom stereocenters. The first-order valence-electron chi connectivity index (χ1n) is 13.3. The standard InChI is InChI=1S/C27H40F4N4OS/c1-19-17-21(32-3)18-20(2)22(19)10-16-37-35-14-12-26(13-15-35)25(36)33-24(34-26)23(28)9-7-5-4-6-8-11-27(29,30)31/h17-18,23,32H,4-16H2,1-3H3,(H,33,34,36). The van der Waals surface area contributed by atoms with E-state index in [1.165, 1.54) is 16.7 Å². The van der Waals surface area contributed by atoms with Gasteiger partial charge in [-0.3, -0.25) is 14.1 Å². The molecule has 5 nitrogen and oxygen atoms in total. The van der Waals surface area contributed by atoms with Crippen molar-refractivity contribution in [1.82, 2.24) is 9.62 Å². The van der Waals surface area contributed by atoms with E-state index in [4.69, 9.17) is 0 Å². The molecule has 0 bridgehead atoms. The summed E-state index contributed by atoms with van der Waals surface area (Å²) < 4.78 is 53.6. The van der Waals surface area contributed by atoms with Gasteiger partial charge in [-0.05, 0) is 74.8 Å². The van der Waals surface area contributed by atoms with Crippen LogP contribution in [0.15, 0.2) is 17.1 Å². The number of carbonyl (C=O) groups excluding carboxylic acids is 1. The van der Waals surface area contributed by atoms with Crippen LogP contribution < -0.4 is 10.6 Å². The molecule has 2 heterocycles. The van der Waals surface area contributed by atoms with Gasteiger partial charge < -0.3 is 10.6 Å². The van der Waals surface area contributed by atoms with Crippen molar-refractivity contribution in [2.45, 2.75) is 95.9 Å². The average molecular weight is 545 g/mol. The van der Waals surface area contributed by atoms with Crippen molar-refractivity contribution in [1.29, 1.82) is 0 Å². The maximum Gasteiger partial charge on any atom is 0.389 e. The fraction of sp³-hybridized carbons (Fsp3) is 0.704. The Balaban J connectivity index is 1.38. The van der Waals surface area contributed by atoms with Gasteiger partial charge in [0, 0.05) is 38.0 Å². The van der Waals surface area contributed by atoms with Crippen molar-refractivity contribution in [3.05, 3.63) is 28.8 Å². The lowest BCUT2D eigenvalue weighted by Crippen LogP contribution is -2.47. The van der Waals surface area contributed by atoms with E-state index in [0.717, 1.165) is 31.0 Å². The van der Waals surface area contributed by atoms with E-state index in [1.807, 2.05) is 7.05 Å². The Hall–Kier alpha value is -1.81. The smallest absolute Gasteiger partial charge is 0.388 e. The van der Waals surface area contributed by atoms with Gasteiger partial charge in [0.25, 0.3) is 5.91 Å². The zero-order valence-electron chi connectivity index (χ0n) is 22.1. The minimum absolute atomic E-state index is 0.117. The highest BCUT2D eigenvalue weighted by atomic mass is 32.2. The summed E-state index contributed by atoms with van der Waals surface area (Å²) in [4.78, 5) is 17.2. The number of unbranched alkanes of at least 4 members (excludes halogenated alkanes) is 4. The number of amidine groups is 1. The van der Waals surface area contributed by atoms with E-state index >= 15 is 0 Å². The maximum absolute atomic E-state index is 14.8. The molecule has 0 saturated carbocycles. The number of hydrogen-bond acceptors (Lipinski definition) is 5. The third kappa shape index (κ3) is 8.60. The summed E-state index contributed by atoms with van der Waals surface area (Å²) in [5, 5.41) is 5.87. The molecule has 2 aliphatic rings. The van der Waals surface area contributed by atoms with Gasteiger partial charge in [0.1, 0.15) is 11.4 Å². The van der Waals surface area contributed by atoms with E-state index in [-0.39, 0.29) is 24.6 Å². The fourth-order valence-corrected chi connectivity index (χ4v) is 6.13. The lowest BCUT2D eigenvalue weighted by molar-refractivity contribution is -0.135. The molecule has 1 aromatic carbocycles. The third-order valence-corrected chi connectivity index (χ3v) is 8.49. The van der Waals surface area contributed by atoms with E-state index in [0.29, 0.717) is 38.5 Å². The zero-order chi connectivity index (χ0) is 27.1. The van der Waals surface area contributed by atoms with Gasteiger partial charge in [0.05, 0.1) is 0 Å². The number of anilines is 1. The first-order valence-corrected chi connectivity index (χ1v) is 14.2. The molecule has 1 fully saturated rings. The van der Waals surface area contributed by atoms with Crippen LogP contribution in [0, 0.1) is 13.8 Å². The molecule has 0 aromatic heterocycles. The number of benzene rings is 1. The molecule has 1 spiro atoms. The number of aryl methyl sites for hydroxylation is 2. The highest BCUT2D eigenvalue weighted by molar-refractivity contribution is 7.97. The van der Waals surface area contributed by atoms with Crippen LogP contribution in [0.3, 0.4) is 0 Å². The van der Waals surface area contributed by atoms with Crippen molar-refractivity contribution < 1.29 is 22.4 Å². The van der Waals surface area contributed by atoms with Gasteiger partial charge in [0.2, 0.25) is 0 Å². The Labute approximate surface area is 222 Å². The lowest BCUT2D eigenvalue weighted by Gasteiger charge is -2.34. The van der Waals surface area contributed by atoms with E-state index in [1.54, 1.807) is 11.9 Å². The maximum atomic E-state index is 14.8. The number of rotatable bonds is 13. The minimum atomic E-state index is -4.11. The summed E-state index contributed by atoms with van der Waals surface area (Å²) in [5.74, 6) is 0.869. The molecule has 2 aliphatic heterocycles. The summed E-state index contributed by atoms with van der Waals surface area (Å²) >= 11 is 1.79. The fourth-order valence-electron chi connectivity index (χ4n) is 5.14. The number of hydrogen-bond donors (Lipinski definition) is 2. The van der Waals surface area contributed by atoms with Crippen molar-refractivity contribution in [2.24, 2.45) is 4.99 Å². The highest BCUT2D eigenvalue weighted by Crippen LogP contribution is 2.34. The molecule has 37 heavy (non-hydrogen) atoms. The molecular formula is C27H40F4N4OS. The van der Waals surface area contributed by atoms with E-state index in [9.17, 15) is 22.4 Å². The number of carbonyl (C=O) groups is 1. The SMILES string of the molecule is CNc1cc(C)c(CCSN2CCC3(CC2)N=C(C(F)CCCCCCCC(F)(F)F)NC3=O)c(C)c1.